The summed E-state index contributed by atoms with van der Waals surface area (Å²) in [6, 6.07) is 13.7. The van der Waals surface area contributed by atoms with E-state index in [1.165, 1.54) is 0 Å². The van der Waals surface area contributed by atoms with Crippen molar-refractivity contribution in [2.45, 2.75) is 18.9 Å². The largest absolute Gasteiger partial charge is 0.486 e. The highest BCUT2D eigenvalue weighted by atomic mass is 79.9. The van der Waals surface area contributed by atoms with Crippen molar-refractivity contribution in [3.63, 3.8) is 0 Å². The van der Waals surface area contributed by atoms with Gasteiger partial charge in [-0.25, -0.2) is 0 Å². The fourth-order valence-corrected chi connectivity index (χ4v) is 3.65. The molecule has 0 spiro atoms. The number of likely N-dealkylation sites (tertiary alicyclic amines) is 1. The van der Waals surface area contributed by atoms with Crippen molar-refractivity contribution in [2.24, 2.45) is 0 Å². The lowest BCUT2D eigenvalue weighted by molar-refractivity contribution is 0.0735. The summed E-state index contributed by atoms with van der Waals surface area (Å²) in [6.45, 7) is 1.95. The van der Waals surface area contributed by atoms with Gasteiger partial charge in [0.05, 0.1) is 6.04 Å². The Balaban J connectivity index is 1.60. The van der Waals surface area contributed by atoms with E-state index in [2.05, 4.69) is 15.9 Å². The van der Waals surface area contributed by atoms with Crippen LogP contribution in [-0.4, -0.2) is 30.6 Å². The van der Waals surface area contributed by atoms with Gasteiger partial charge in [0, 0.05) is 16.6 Å². The highest BCUT2D eigenvalue weighted by molar-refractivity contribution is 9.10. The Bertz CT molecular complexity index is 760. The summed E-state index contributed by atoms with van der Waals surface area (Å²) in [4.78, 5) is 14.9. The third-order valence-corrected chi connectivity index (χ3v) is 5.08. The van der Waals surface area contributed by atoms with Gasteiger partial charge in [-0.2, -0.15) is 0 Å². The summed E-state index contributed by atoms with van der Waals surface area (Å²) in [5.74, 6) is 1.65. The van der Waals surface area contributed by atoms with Crippen LogP contribution in [0.2, 0.25) is 0 Å². The molecular formula is C19H18BrNO3. The normalized spacial score (nSPS) is 19.4. The molecule has 0 N–H and O–H groups in total. The number of rotatable bonds is 2. The van der Waals surface area contributed by atoms with E-state index in [0.29, 0.717) is 13.2 Å². The van der Waals surface area contributed by atoms with Gasteiger partial charge < -0.3 is 14.4 Å². The molecule has 2 aromatic carbocycles. The van der Waals surface area contributed by atoms with Crippen molar-refractivity contribution in [3.8, 4) is 11.5 Å². The molecule has 1 amide bonds. The van der Waals surface area contributed by atoms with E-state index >= 15 is 0 Å². The molecule has 2 aliphatic heterocycles. The first kappa shape index (κ1) is 15.5. The molecule has 0 radical (unpaired) electrons. The standard InChI is InChI=1S/C19H18BrNO3/c20-15-6-3-13(4-7-15)19(22)21-9-1-2-16(21)14-5-8-17-18(12-14)24-11-10-23-17/h3-8,12,16H,1-2,9-11H2. The van der Waals surface area contributed by atoms with Gasteiger partial charge in [-0.05, 0) is 54.8 Å². The molecule has 4 rings (SSSR count). The fourth-order valence-electron chi connectivity index (χ4n) is 3.38. The van der Waals surface area contributed by atoms with Crippen molar-refractivity contribution in [3.05, 3.63) is 58.1 Å². The maximum atomic E-state index is 12.9. The molecule has 0 aliphatic carbocycles. The zero-order chi connectivity index (χ0) is 16.5. The summed E-state index contributed by atoms with van der Waals surface area (Å²) in [5, 5.41) is 0. The molecule has 2 aliphatic rings. The monoisotopic (exact) mass is 387 g/mol. The van der Waals surface area contributed by atoms with E-state index in [1.54, 1.807) is 0 Å². The van der Waals surface area contributed by atoms with Gasteiger partial charge in [0.15, 0.2) is 11.5 Å². The van der Waals surface area contributed by atoms with Crippen LogP contribution in [0.1, 0.15) is 34.8 Å². The Kier molecular flexibility index (Phi) is 4.19. The second-order valence-electron chi connectivity index (χ2n) is 6.07. The van der Waals surface area contributed by atoms with Gasteiger partial charge in [-0.3, -0.25) is 4.79 Å². The van der Waals surface area contributed by atoms with Crippen molar-refractivity contribution in [1.29, 1.82) is 0 Å². The molecular weight excluding hydrogens is 370 g/mol. The van der Waals surface area contributed by atoms with Crippen LogP contribution in [0, 0.1) is 0 Å². The van der Waals surface area contributed by atoms with Gasteiger partial charge in [-0.1, -0.05) is 22.0 Å². The number of halogens is 1. The third-order valence-electron chi connectivity index (χ3n) is 4.56. The number of amides is 1. The van der Waals surface area contributed by atoms with Crippen molar-refractivity contribution in [1.82, 2.24) is 4.90 Å². The fraction of sp³-hybridized carbons (Fsp3) is 0.316. The first-order valence-corrected chi connectivity index (χ1v) is 8.98. The number of carbonyl (C=O) groups excluding carboxylic acids is 1. The zero-order valence-corrected chi connectivity index (χ0v) is 14.8. The predicted octanol–water partition coefficient (Wildman–Crippen LogP) is 4.20. The molecule has 4 nitrogen and oxygen atoms in total. The van der Waals surface area contributed by atoms with Crippen LogP contribution >= 0.6 is 15.9 Å². The Morgan fingerprint density at radius 2 is 1.79 bits per heavy atom. The van der Waals surface area contributed by atoms with E-state index in [0.717, 1.165) is 46.5 Å². The molecule has 2 heterocycles. The van der Waals surface area contributed by atoms with E-state index in [4.69, 9.17) is 9.47 Å². The molecule has 5 heteroatoms. The SMILES string of the molecule is O=C(c1ccc(Br)cc1)N1CCCC1c1ccc2c(c1)OCCO2. The summed E-state index contributed by atoms with van der Waals surface area (Å²) >= 11 is 3.41. The van der Waals surface area contributed by atoms with Crippen LogP contribution in [-0.2, 0) is 0 Å². The highest BCUT2D eigenvalue weighted by Gasteiger charge is 2.31. The van der Waals surface area contributed by atoms with Gasteiger partial charge in [-0.15, -0.1) is 0 Å². The maximum absolute atomic E-state index is 12.9. The summed E-state index contributed by atoms with van der Waals surface area (Å²) in [5.41, 5.74) is 1.84. The predicted molar refractivity (Wildman–Crippen MR) is 94.6 cm³/mol. The van der Waals surface area contributed by atoms with E-state index in [-0.39, 0.29) is 11.9 Å². The van der Waals surface area contributed by atoms with Crippen LogP contribution in [0.3, 0.4) is 0 Å². The van der Waals surface area contributed by atoms with Gasteiger partial charge in [0.2, 0.25) is 0 Å². The molecule has 1 unspecified atom stereocenters. The zero-order valence-electron chi connectivity index (χ0n) is 13.2. The number of hydrogen-bond acceptors (Lipinski definition) is 3. The van der Waals surface area contributed by atoms with Gasteiger partial charge >= 0.3 is 0 Å². The number of benzene rings is 2. The molecule has 1 atom stereocenters. The lowest BCUT2D eigenvalue weighted by atomic mass is 10.0. The number of ether oxygens (including phenoxy) is 2. The minimum absolute atomic E-state index is 0.0832. The van der Waals surface area contributed by atoms with Crippen LogP contribution in [0.15, 0.2) is 46.9 Å². The number of fused-ring (bicyclic) bond motifs is 1. The van der Waals surface area contributed by atoms with Crippen molar-refractivity contribution in [2.75, 3.05) is 19.8 Å². The molecule has 2 aromatic rings. The molecule has 0 aromatic heterocycles. The highest BCUT2D eigenvalue weighted by Crippen LogP contribution is 2.38. The van der Waals surface area contributed by atoms with E-state index in [9.17, 15) is 4.79 Å². The Hall–Kier alpha value is -2.01. The van der Waals surface area contributed by atoms with Gasteiger partial charge in [0.1, 0.15) is 13.2 Å². The van der Waals surface area contributed by atoms with Crippen molar-refractivity contribution < 1.29 is 14.3 Å². The summed E-state index contributed by atoms with van der Waals surface area (Å²) < 4.78 is 12.2. The third kappa shape index (κ3) is 2.88. The smallest absolute Gasteiger partial charge is 0.254 e. The van der Waals surface area contributed by atoms with Crippen LogP contribution in [0.25, 0.3) is 0 Å². The first-order chi connectivity index (χ1) is 11.7. The Morgan fingerprint density at radius 3 is 2.58 bits per heavy atom. The van der Waals surface area contributed by atoms with Crippen LogP contribution in [0.5, 0.6) is 11.5 Å². The quantitative estimate of drug-likeness (QED) is 0.774. The minimum atomic E-state index is 0.0832. The topological polar surface area (TPSA) is 38.8 Å². The summed E-state index contributed by atoms with van der Waals surface area (Å²) in [7, 11) is 0. The lowest BCUT2D eigenvalue weighted by Crippen LogP contribution is -2.30. The molecule has 1 fully saturated rings. The summed E-state index contributed by atoms with van der Waals surface area (Å²) in [6.07, 6.45) is 1.99. The average molecular weight is 388 g/mol. The molecule has 24 heavy (non-hydrogen) atoms. The number of nitrogens with zero attached hydrogens (tertiary/aromatic N) is 1. The second kappa shape index (κ2) is 6.48. The molecule has 124 valence electrons. The Morgan fingerprint density at radius 1 is 1.04 bits per heavy atom. The van der Waals surface area contributed by atoms with Crippen LogP contribution < -0.4 is 9.47 Å². The first-order valence-electron chi connectivity index (χ1n) is 8.18. The Labute approximate surface area is 149 Å². The van der Waals surface area contributed by atoms with Gasteiger partial charge in [0.25, 0.3) is 5.91 Å². The second-order valence-corrected chi connectivity index (χ2v) is 6.98. The average Bonchev–Trinajstić information content (AvgIpc) is 3.11. The molecule has 1 saturated heterocycles. The lowest BCUT2D eigenvalue weighted by Gasteiger charge is -2.27. The molecule has 0 bridgehead atoms. The number of carbonyl (C=O) groups is 1. The maximum Gasteiger partial charge on any atom is 0.254 e. The van der Waals surface area contributed by atoms with E-state index in [1.807, 2.05) is 47.4 Å². The van der Waals surface area contributed by atoms with Crippen molar-refractivity contribution >= 4 is 21.8 Å². The number of hydrogen-bond donors (Lipinski definition) is 0. The van der Waals surface area contributed by atoms with E-state index < -0.39 is 0 Å². The van der Waals surface area contributed by atoms with Crippen LogP contribution in [0.4, 0.5) is 0 Å². The molecule has 0 saturated carbocycles. The minimum Gasteiger partial charge on any atom is -0.486 e.